The Kier molecular flexibility index (Phi) is 7.13. The normalized spacial score (nSPS) is 17.2. The molecule has 1 aliphatic rings. The van der Waals surface area contributed by atoms with Crippen LogP contribution in [0.4, 0.5) is 4.79 Å². The number of fused-ring (bicyclic) bond motifs is 1. The Morgan fingerprint density at radius 1 is 1.17 bits per heavy atom. The van der Waals surface area contributed by atoms with Crippen molar-refractivity contribution in [3.05, 3.63) is 46.4 Å². The van der Waals surface area contributed by atoms with Gasteiger partial charge in [-0.15, -0.1) is 0 Å². The molecule has 0 unspecified atom stereocenters. The third-order valence-electron chi connectivity index (χ3n) is 5.54. The lowest BCUT2D eigenvalue weighted by molar-refractivity contribution is -0.139. The predicted molar refractivity (Wildman–Crippen MR) is 119 cm³/mol. The van der Waals surface area contributed by atoms with Crippen molar-refractivity contribution in [2.45, 2.75) is 45.2 Å². The zero-order valence-corrected chi connectivity index (χ0v) is 19.1. The van der Waals surface area contributed by atoms with E-state index in [1.165, 1.54) is 7.11 Å². The summed E-state index contributed by atoms with van der Waals surface area (Å²) in [6, 6.07) is 10.9. The van der Waals surface area contributed by atoms with Crippen molar-refractivity contribution in [3.63, 3.8) is 0 Å². The molecule has 1 aliphatic heterocycles. The van der Waals surface area contributed by atoms with Crippen molar-refractivity contribution >= 4 is 44.5 Å². The van der Waals surface area contributed by atoms with Gasteiger partial charge in [0.2, 0.25) is 5.91 Å². The van der Waals surface area contributed by atoms with E-state index in [0.29, 0.717) is 13.0 Å². The molecule has 0 aromatic heterocycles. The van der Waals surface area contributed by atoms with Crippen LogP contribution in [0.15, 0.2) is 40.9 Å². The molecule has 2 aromatic carbocycles. The fraction of sp³-hybridized carbons (Fsp3) is 0.435. The third kappa shape index (κ3) is 5.01. The van der Waals surface area contributed by atoms with Crippen LogP contribution in [0.2, 0.25) is 0 Å². The molecule has 1 N–H and O–H groups in total. The van der Waals surface area contributed by atoms with Gasteiger partial charge in [-0.1, -0.05) is 54.0 Å². The van der Waals surface area contributed by atoms with Crippen molar-refractivity contribution in [1.82, 2.24) is 10.2 Å². The second kappa shape index (κ2) is 9.60. The highest BCUT2D eigenvalue weighted by Crippen LogP contribution is 2.24. The topological polar surface area (TPSA) is 75.7 Å². The summed E-state index contributed by atoms with van der Waals surface area (Å²) in [5.74, 6) is -0.319. The Hall–Kier alpha value is -2.41. The Balaban J connectivity index is 1.74. The number of carbonyl (C=O) groups is 3. The van der Waals surface area contributed by atoms with E-state index in [9.17, 15) is 14.4 Å². The van der Waals surface area contributed by atoms with Crippen LogP contribution in [0.3, 0.4) is 0 Å². The highest BCUT2D eigenvalue weighted by atomic mass is 79.9. The van der Waals surface area contributed by atoms with Gasteiger partial charge in [0.05, 0.1) is 13.2 Å². The van der Waals surface area contributed by atoms with Gasteiger partial charge in [0.1, 0.15) is 6.04 Å². The maximum atomic E-state index is 13.1. The minimum Gasteiger partial charge on any atom is -0.453 e. The number of ketones is 1. The zero-order chi connectivity index (χ0) is 21.8. The fourth-order valence-corrected chi connectivity index (χ4v) is 4.32. The van der Waals surface area contributed by atoms with Gasteiger partial charge in [-0.05, 0) is 47.2 Å². The van der Waals surface area contributed by atoms with Gasteiger partial charge < -0.3 is 15.0 Å². The van der Waals surface area contributed by atoms with Crippen molar-refractivity contribution in [3.8, 4) is 0 Å². The second-order valence-electron chi connectivity index (χ2n) is 8.02. The summed E-state index contributed by atoms with van der Waals surface area (Å²) in [6.07, 6.45) is 1.05. The van der Waals surface area contributed by atoms with Crippen molar-refractivity contribution in [2.75, 3.05) is 13.7 Å². The number of methoxy groups -OCH3 is 1. The first-order valence-electron chi connectivity index (χ1n) is 10.2. The standard InChI is InChI=1S/C23H27BrN2O4/c1-14(2)21(25-23(29)30-3)22(28)26-10-4-5-19(26)20(27)12-15-6-7-17-13-18(24)9-8-16(17)11-15/h6-9,11,13-14,19,21H,4-5,10,12H2,1-3H3,(H,25,29)/t19-,21-/m0/s1. The summed E-state index contributed by atoms with van der Waals surface area (Å²) < 4.78 is 5.66. The molecule has 1 fully saturated rings. The average molecular weight is 475 g/mol. The van der Waals surface area contributed by atoms with Crippen LogP contribution in [0.25, 0.3) is 10.8 Å². The number of likely N-dealkylation sites (tertiary alicyclic amines) is 1. The molecule has 0 aliphatic carbocycles. The molecule has 0 radical (unpaired) electrons. The molecule has 0 bridgehead atoms. The SMILES string of the molecule is COC(=O)N[C@H](C(=O)N1CCC[C@H]1C(=O)Cc1ccc2cc(Br)ccc2c1)C(C)C. The van der Waals surface area contributed by atoms with Gasteiger partial charge in [0.15, 0.2) is 5.78 Å². The number of alkyl carbamates (subject to hydrolysis) is 1. The lowest BCUT2D eigenvalue weighted by Gasteiger charge is -2.30. The van der Waals surface area contributed by atoms with Crippen molar-refractivity contribution < 1.29 is 19.1 Å². The molecule has 0 spiro atoms. The van der Waals surface area contributed by atoms with Crippen molar-refractivity contribution in [2.24, 2.45) is 5.92 Å². The van der Waals surface area contributed by atoms with E-state index in [2.05, 4.69) is 26.0 Å². The monoisotopic (exact) mass is 474 g/mol. The third-order valence-corrected chi connectivity index (χ3v) is 6.04. The van der Waals surface area contributed by atoms with E-state index in [1.54, 1.807) is 4.90 Å². The Labute approximate surface area is 185 Å². The van der Waals surface area contributed by atoms with Crippen molar-refractivity contribution in [1.29, 1.82) is 0 Å². The van der Waals surface area contributed by atoms with Gasteiger partial charge in [-0.25, -0.2) is 4.79 Å². The van der Waals surface area contributed by atoms with Crippen LogP contribution in [0.1, 0.15) is 32.3 Å². The molecule has 7 heteroatoms. The molecule has 0 saturated carbocycles. The highest BCUT2D eigenvalue weighted by molar-refractivity contribution is 9.10. The van der Waals surface area contributed by atoms with E-state index in [-0.39, 0.29) is 24.0 Å². The summed E-state index contributed by atoms with van der Waals surface area (Å²) in [7, 11) is 1.27. The van der Waals surface area contributed by atoms with Gasteiger partial charge in [0.25, 0.3) is 0 Å². The maximum Gasteiger partial charge on any atom is 0.407 e. The van der Waals surface area contributed by atoms with Crippen LogP contribution in [0, 0.1) is 5.92 Å². The minimum atomic E-state index is -0.718. The minimum absolute atomic E-state index is 0.0258. The molecule has 1 heterocycles. The van der Waals surface area contributed by atoms with Gasteiger partial charge in [0, 0.05) is 17.4 Å². The number of benzene rings is 2. The smallest absolute Gasteiger partial charge is 0.407 e. The Morgan fingerprint density at radius 3 is 2.57 bits per heavy atom. The summed E-state index contributed by atoms with van der Waals surface area (Å²) in [4.78, 5) is 39.5. The maximum absolute atomic E-state index is 13.1. The Morgan fingerprint density at radius 2 is 1.87 bits per heavy atom. The van der Waals surface area contributed by atoms with E-state index >= 15 is 0 Å². The highest BCUT2D eigenvalue weighted by Gasteiger charge is 2.38. The number of rotatable bonds is 6. The molecule has 1 saturated heterocycles. The largest absolute Gasteiger partial charge is 0.453 e. The second-order valence-corrected chi connectivity index (χ2v) is 8.93. The zero-order valence-electron chi connectivity index (χ0n) is 17.5. The van der Waals surface area contributed by atoms with Crippen LogP contribution in [-0.4, -0.2) is 48.4 Å². The number of amides is 2. The molecule has 2 atom stereocenters. The van der Waals surface area contributed by atoms with Gasteiger partial charge in [-0.2, -0.15) is 0 Å². The molecule has 6 nitrogen and oxygen atoms in total. The summed E-state index contributed by atoms with van der Waals surface area (Å²) in [5, 5.41) is 4.79. The predicted octanol–water partition coefficient (Wildman–Crippen LogP) is 4.09. The quantitative estimate of drug-likeness (QED) is 0.683. The summed E-state index contributed by atoms with van der Waals surface area (Å²) >= 11 is 3.47. The number of nitrogens with zero attached hydrogens (tertiary/aromatic N) is 1. The first-order valence-corrected chi connectivity index (χ1v) is 11.0. The van der Waals surface area contributed by atoms with E-state index in [1.807, 2.05) is 50.2 Å². The number of hydrogen-bond donors (Lipinski definition) is 1. The first-order chi connectivity index (χ1) is 14.3. The number of Topliss-reactive ketones (excluding diaryl/α,β-unsaturated/α-hetero) is 1. The number of nitrogens with one attached hydrogen (secondary N) is 1. The van der Waals surface area contributed by atoms with Gasteiger partial charge in [-0.3, -0.25) is 9.59 Å². The average Bonchev–Trinajstić information content (AvgIpc) is 3.21. The molecule has 2 aromatic rings. The lowest BCUT2D eigenvalue weighted by atomic mass is 9.98. The summed E-state index contributed by atoms with van der Waals surface area (Å²) in [6.45, 7) is 4.24. The number of hydrogen-bond acceptors (Lipinski definition) is 4. The molecule has 3 rings (SSSR count). The number of carbonyl (C=O) groups excluding carboxylic acids is 3. The fourth-order valence-electron chi connectivity index (χ4n) is 3.94. The van der Waals surface area contributed by atoms with Crippen LogP contribution in [-0.2, 0) is 20.7 Å². The van der Waals surface area contributed by atoms with Crippen LogP contribution >= 0.6 is 15.9 Å². The molecule has 30 heavy (non-hydrogen) atoms. The van der Waals surface area contributed by atoms with Crippen LogP contribution < -0.4 is 5.32 Å². The molecular weight excluding hydrogens is 448 g/mol. The number of ether oxygens (including phenoxy) is 1. The lowest BCUT2D eigenvalue weighted by Crippen LogP contribution is -2.53. The van der Waals surface area contributed by atoms with E-state index in [4.69, 9.17) is 0 Å². The van der Waals surface area contributed by atoms with Gasteiger partial charge >= 0.3 is 6.09 Å². The molecule has 160 valence electrons. The number of halogens is 1. The molecule has 2 amide bonds. The summed E-state index contributed by atoms with van der Waals surface area (Å²) in [5.41, 5.74) is 0.933. The molecular formula is C23H27BrN2O4. The Bertz CT molecular complexity index is 959. The van der Waals surface area contributed by atoms with E-state index in [0.717, 1.165) is 27.2 Å². The van der Waals surface area contributed by atoms with E-state index < -0.39 is 18.2 Å². The first kappa shape index (κ1) is 22.3. The van der Waals surface area contributed by atoms with Crippen LogP contribution in [0.5, 0.6) is 0 Å².